The number of esters is 1. The first-order valence-electron chi connectivity index (χ1n) is 5.86. The molecule has 1 aromatic rings. The molecule has 1 aromatic carbocycles. The van der Waals surface area contributed by atoms with Gasteiger partial charge in [-0.15, -0.1) is 0 Å². The minimum atomic E-state index is -0.478. The first-order valence-corrected chi connectivity index (χ1v) is 5.86. The predicted molar refractivity (Wildman–Crippen MR) is 69.7 cm³/mol. The van der Waals surface area contributed by atoms with Gasteiger partial charge in [0.15, 0.2) is 5.78 Å². The molecule has 1 rings (SSSR count). The minimum absolute atomic E-state index is 0.0374. The van der Waals surface area contributed by atoms with Gasteiger partial charge in [0.2, 0.25) is 0 Å². The van der Waals surface area contributed by atoms with Crippen molar-refractivity contribution in [3.05, 3.63) is 23.8 Å². The second-order valence-corrected chi connectivity index (χ2v) is 4.11. The topological polar surface area (TPSA) is 61.8 Å². The number of benzene rings is 1. The number of rotatable bonds is 6. The van der Waals surface area contributed by atoms with Crippen LogP contribution in [0.3, 0.4) is 0 Å². The zero-order valence-electron chi connectivity index (χ0n) is 11.6. The molecule has 0 aromatic heterocycles. The number of carbonyl (C=O) groups excluding carboxylic acids is 2. The van der Waals surface area contributed by atoms with Crippen LogP contribution in [-0.4, -0.2) is 33.1 Å². The van der Waals surface area contributed by atoms with Gasteiger partial charge in [0.1, 0.15) is 11.5 Å². The molecule has 0 saturated carbocycles. The first kappa shape index (κ1) is 15.0. The van der Waals surface area contributed by atoms with Crippen molar-refractivity contribution in [2.24, 2.45) is 5.92 Å². The molecular formula is C14H18O5. The molecule has 0 bridgehead atoms. The second kappa shape index (κ2) is 6.78. The molecule has 0 amide bonds. The molecule has 5 heteroatoms. The number of ketones is 1. The van der Waals surface area contributed by atoms with E-state index >= 15 is 0 Å². The Labute approximate surface area is 112 Å². The molecule has 0 radical (unpaired) electrons. The van der Waals surface area contributed by atoms with Crippen LogP contribution in [0, 0.1) is 5.92 Å². The van der Waals surface area contributed by atoms with Crippen molar-refractivity contribution in [2.75, 3.05) is 21.3 Å². The van der Waals surface area contributed by atoms with Gasteiger partial charge in [-0.1, -0.05) is 6.92 Å². The lowest BCUT2D eigenvalue weighted by Gasteiger charge is -2.13. The quantitative estimate of drug-likeness (QED) is 0.582. The molecule has 0 N–H and O–H groups in total. The van der Waals surface area contributed by atoms with Gasteiger partial charge in [-0.3, -0.25) is 9.59 Å². The molecule has 0 aliphatic rings. The van der Waals surface area contributed by atoms with Gasteiger partial charge in [-0.25, -0.2) is 0 Å². The third kappa shape index (κ3) is 3.71. The van der Waals surface area contributed by atoms with E-state index in [4.69, 9.17) is 9.47 Å². The maximum atomic E-state index is 12.3. The maximum absolute atomic E-state index is 12.3. The summed E-state index contributed by atoms with van der Waals surface area (Å²) in [5.74, 6) is -0.0470. The molecule has 19 heavy (non-hydrogen) atoms. The SMILES string of the molecule is COC(=O)CC(C)C(=O)c1cc(OC)ccc1OC. The van der Waals surface area contributed by atoms with Crippen molar-refractivity contribution in [1.82, 2.24) is 0 Å². The van der Waals surface area contributed by atoms with Crippen LogP contribution in [0.1, 0.15) is 23.7 Å². The maximum Gasteiger partial charge on any atom is 0.306 e. The molecule has 1 unspecified atom stereocenters. The van der Waals surface area contributed by atoms with E-state index in [9.17, 15) is 9.59 Å². The van der Waals surface area contributed by atoms with Crippen LogP contribution in [0.4, 0.5) is 0 Å². The van der Waals surface area contributed by atoms with Crippen LogP contribution in [-0.2, 0) is 9.53 Å². The van der Waals surface area contributed by atoms with Gasteiger partial charge in [-0.05, 0) is 18.2 Å². The molecule has 0 saturated heterocycles. The Morgan fingerprint density at radius 2 is 1.84 bits per heavy atom. The highest BCUT2D eigenvalue weighted by molar-refractivity contribution is 6.01. The second-order valence-electron chi connectivity index (χ2n) is 4.11. The molecule has 0 heterocycles. The fourth-order valence-corrected chi connectivity index (χ4v) is 1.70. The van der Waals surface area contributed by atoms with Crippen LogP contribution < -0.4 is 9.47 Å². The van der Waals surface area contributed by atoms with E-state index in [0.29, 0.717) is 17.1 Å². The predicted octanol–water partition coefficient (Wildman–Crippen LogP) is 2.09. The summed E-state index contributed by atoms with van der Waals surface area (Å²) < 4.78 is 14.8. The first-order chi connectivity index (χ1) is 9.03. The van der Waals surface area contributed by atoms with E-state index < -0.39 is 11.9 Å². The van der Waals surface area contributed by atoms with Crippen LogP contribution in [0.2, 0.25) is 0 Å². The molecule has 104 valence electrons. The van der Waals surface area contributed by atoms with E-state index in [0.717, 1.165) is 0 Å². The van der Waals surface area contributed by atoms with Gasteiger partial charge >= 0.3 is 5.97 Å². The average molecular weight is 266 g/mol. The highest BCUT2D eigenvalue weighted by Crippen LogP contribution is 2.27. The Morgan fingerprint density at radius 3 is 2.37 bits per heavy atom. The van der Waals surface area contributed by atoms with Gasteiger partial charge in [0.05, 0.1) is 33.3 Å². The largest absolute Gasteiger partial charge is 0.497 e. The summed E-state index contributed by atoms with van der Waals surface area (Å²) in [4.78, 5) is 23.5. The molecule has 1 atom stereocenters. The smallest absolute Gasteiger partial charge is 0.306 e. The summed E-state index contributed by atoms with van der Waals surface area (Å²) in [6.45, 7) is 1.68. The Bertz CT molecular complexity index is 467. The minimum Gasteiger partial charge on any atom is -0.497 e. The van der Waals surface area contributed by atoms with Crippen LogP contribution >= 0.6 is 0 Å². The van der Waals surface area contributed by atoms with E-state index in [1.54, 1.807) is 25.1 Å². The molecule has 0 aliphatic carbocycles. The Kier molecular flexibility index (Phi) is 5.36. The summed E-state index contributed by atoms with van der Waals surface area (Å²) in [5, 5.41) is 0. The summed E-state index contributed by atoms with van der Waals surface area (Å²) in [6, 6.07) is 4.98. The van der Waals surface area contributed by atoms with Crippen molar-refractivity contribution in [2.45, 2.75) is 13.3 Å². The van der Waals surface area contributed by atoms with Crippen molar-refractivity contribution in [3.63, 3.8) is 0 Å². The number of methoxy groups -OCH3 is 3. The normalized spacial score (nSPS) is 11.6. The average Bonchev–Trinajstić information content (AvgIpc) is 2.45. The van der Waals surface area contributed by atoms with Gasteiger partial charge in [0, 0.05) is 5.92 Å². The van der Waals surface area contributed by atoms with E-state index in [1.807, 2.05) is 0 Å². The number of Topliss-reactive ketones (excluding diaryl/α,β-unsaturated/α-hetero) is 1. The lowest BCUT2D eigenvalue weighted by atomic mass is 9.95. The summed E-state index contributed by atoms with van der Waals surface area (Å²) >= 11 is 0. The lowest BCUT2D eigenvalue weighted by molar-refractivity contribution is -0.141. The Balaban J connectivity index is 2.99. The highest BCUT2D eigenvalue weighted by Gasteiger charge is 2.22. The fourth-order valence-electron chi connectivity index (χ4n) is 1.70. The zero-order valence-corrected chi connectivity index (χ0v) is 11.6. The molecule has 0 fully saturated rings. The Hall–Kier alpha value is -2.04. The van der Waals surface area contributed by atoms with Crippen LogP contribution in [0.25, 0.3) is 0 Å². The monoisotopic (exact) mass is 266 g/mol. The van der Waals surface area contributed by atoms with E-state index in [1.165, 1.54) is 21.3 Å². The molecule has 0 spiro atoms. The number of hydrogen-bond acceptors (Lipinski definition) is 5. The third-order valence-electron chi connectivity index (χ3n) is 2.82. The summed E-state index contributed by atoms with van der Waals surface area (Å²) in [6.07, 6.45) is 0.0374. The lowest BCUT2D eigenvalue weighted by Crippen LogP contribution is -2.17. The van der Waals surface area contributed by atoms with Gasteiger partial charge in [0.25, 0.3) is 0 Å². The van der Waals surface area contributed by atoms with Crippen LogP contribution in [0.5, 0.6) is 11.5 Å². The molecule has 0 aliphatic heterocycles. The van der Waals surface area contributed by atoms with Crippen molar-refractivity contribution >= 4 is 11.8 Å². The van der Waals surface area contributed by atoms with Crippen molar-refractivity contribution in [1.29, 1.82) is 0 Å². The zero-order chi connectivity index (χ0) is 14.4. The molecule has 5 nitrogen and oxygen atoms in total. The highest BCUT2D eigenvalue weighted by atomic mass is 16.5. The van der Waals surface area contributed by atoms with Crippen molar-refractivity contribution in [3.8, 4) is 11.5 Å². The van der Waals surface area contributed by atoms with E-state index in [-0.39, 0.29) is 12.2 Å². The third-order valence-corrected chi connectivity index (χ3v) is 2.82. The number of ether oxygens (including phenoxy) is 3. The summed E-state index contributed by atoms with van der Waals surface area (Å²) in [7, 11) is 4.31. The van der Waals surface area contributed by atoms with Crippen LogP contribution in [0.15, 0.2) is 18.2 Å². The van der Waals surface area contributed by atoms with Gasteiger partial charge < -0.3 is 14.2 Å². The van der Waals surface area contributed by atoms with E-state index in [2.05, 4.69) is 4.74 Å². The Morgan fingerprint density at radius 1 is 1.16 bits per heavy atom. The van der Waals surface area contributed by atoms with Gasteiger partial charge in [-0.2, -0.15) is 0 Å². The summed E-state index contributed by atoms with van der Waals surface area (Å²) in [5.41, 5.74) is 0.401. The fraction of sp³-hybridized carbons (Fsp3) is 0.429. The standard InChI is InChI=1S/C14H18O5/c1-9(7-13(15)19-4)14(16)11-8-10(17-2)5-6-12(11)18-3/h5-6,8-9H,7H2,1-4H3. The number of hydrogen-bond donors (Lipinski definition) is 0. The molecular weight excluding hydrogens is 248 g/mol. The van der Waals surface area contributed by atoms with Crippen molar-refractivity contribution < 1.29 is 23.8 Å². The number of carbonyl (C=O) groups is 2.